The van der Waals surface area contributed by atoms with Crippen LogP contribution >= 0.6 is 0 Å². The lowest BCUT2D eigenvalue weighted by Crippen LogP contribution is -2.37. The molecular weight excluding hydrogens is 316 g/mol. The van der Waals surface area contributed by atoms with Gasteiger partial charge in [0.15, 0.2) is 0 Å². The van der Waals surface area contributed by atoms with Gasteiger partial charge < -0.3 is 24.4 Å². The number of aliphatic hydroxyl groups is 1. The van der Waals surface area contributed by atoms with Crippen LogP contribution in [0.25, 0.3) is 0 Å². The fraction of sp³-hybridized carbons (Fsp3) is 0.400. The zero-order chi connectivity index (χ0) is 18.1. The summed E-state index contributed by atoms with van der Waals surface area (Å²) < 4.78 is 10.7. The molecule has 2 rings (SSSR count). The van der Waals surface area contributed by atoms with E-state index >= 15 is 0 Å². The number of anilines is 1. The molecule has 1 atom stereocenters. The molecule has 0 saturated carbocycles. The van der Waals surface area contributed by atoms with Gasteiger partial charge in [-0.05, 0) is 43.4 Å². The van der Waals surface area contributed by atoms with E-state index in [-0.39, 0.29) is 6.61 Å². The summed E-state index contributed by atoms with van der Waals surface area (Å²) in [6, 6.07) is 17.6. The van der Waals surface area contributed by atoms with Crippen LogP contribution in [0.4, 0.5) is 5.69 Å². The Morgan fingerprint density at radius 3 is 2.20 bits per heavy atom. The molecule has 0 fully saturated rings. The van der Waals surface area contributed by atoms with Crippen LogP contribution in [0.5, 0.6) is 11.5 Å². The maximum atomic E-state index is 10.2. The molecule has 0 aliphatic carbocycles. The van der Waals surface area contributed by atoms with E-state index in [1.807, 2.05) is 49.5 Å². The Hall–Kier alpha value is -2.24. The van der Waals surface area contributed by atoms with Crippen molar-refractivity contribution in [1.29, 1.82) is 0 Å². The number of para-hydroxylation sites is 1. The van der Waals surface area contributed by atoms with Crippen LogP contribution in [0, 0.1) is 0 Å². The van der Waals surface area contributed by atoms with Gasteiger partial charge in [0.25, 0.3) is 0 Å². The lowest BCUT2D eigenvalue weighted by molar-refractivity contribution is 0.0771. The fourth-order valence-corrected chi connectivity index (χ4v) is 2.50. The van der Waals surface area contributed by atoms with Crippen molar-refractivity contribution >= 4 is 5.69 Å². The van der Waals surface area contributed by atoms with Crippen molar-refractivity contribution in [3.8, 4) is 11.5 Å². The molecule has 2 aromatic carbocycles. The van der Waals surface area contributed by atoms with E-state index in [1.165, 1.54) is 5.69 Å². The highest BCUT2D eigenvalue weighted by Gasteiger charge is 2.10. The molecule has 25 heavy (non-hydrogen) atoms. The topological polar surface area (TPSA) is 45.2 Å². The summed E-state index contributed by atoms with van der Waals surface area (Å²) >= 11 is 0. The van der Waals surface area contributed by atoms with Crippen LogP contribution < -0.4 is 14.4 Å². The lowest BCUT2D eigenvalue weighted by atomic mass is 10.3. The molecule has 0 bridgehead atoms. The lowest BCUT2D eigenvalue weighted by Gasteiger charge is -2.25. The van der Waals surface area contributed by atoms with Crippen LogP contribution in [0.3, 0.4) is 0 Å². The van der Waals surface area contributed by atoms with Gasteiger partial charge in [-0.15, -0.1) is 0 Å². The van der Waals surface area contributed by atoms with Gasteiger partial charge in [0, 0.05) is 32.4 Å². The largest absolute Gasteiger partial charge is 0.497 e. The first-order valence-corrected chi connectivity index (χ1v) is 8.48. The highest BCUT2D eigenvalue weighted by molar-refractivity contribution is 5.44. The SMILES string of the molecule is COc1ccc(OC[C@H](O)CN(C)CCN(C)c2ccccc2)cc1. The molecule has 0 spiro atoms. The molecule has 5 nitrogen and oxygen atoms in total. The third kappa shape index (κ3) is 6.64. The number of likely N-dealkylation sites (N-methyl/N-ethyl adjacent to an activating group) is 2. The van der Waals surface area contributed by atoms with Gasteiger partial charge in [-0.3, -0.25) is 0 Å². The number of hydrogen-bond donors (Lipinski definition) is 1. The molecule has 0 saturated heterocycles. The third-order valence-corrected chi connectivity index (χ3v) is 4.04. The summed E-state index contributed by atoms with van der Waals surface area (Å²) in [7, 11) is 5.71. The van der Waals surface area contributed by atoms with E-state index < -0.39 is 6.10 Å². The van der Waals surface area contributed by atoms with Gasteiger partial charge in [-0.2, -0.15) is 0 Å². The maximum Gasteiger partial charge on any atom is 0.119 e. The van der Waals surface area contributed by atoms with Crippen molar-refractivity contribution in [3.63, 3.8) is 0 Å². The average molecular weight is 344 g/mol. The molecule has 0 unspecified atom stereocenters. The van der Waals surface area contributed by atoms with Gasteiger partial charge in [0.2, 0.25) is 0 Å². The normalized spacial score (nSPS) is 12.0. The zero-order valence-electron chi connectivity index (χ0n) is 15.3. The molecule has 0 heterocycles. The number of rotatable bonds is 10. The monoisotopic (exact) mass is 344 g/mol. The van der Waals surface area contributed by atoms with E-state index in [0.29, 0.717) is 6.54 Å². The highest BCUT2D eigenvalue weighted by Crippen LogP contribution is 2.17. The van der Waals surface area contributed by atoms with Crippen molar-refractivity contribution in [3.05, 3.63) is 54.6 Å². The minimum Gasteiger partial charge on any atom is -0.497 e. The number of nitrogens with zero attached hydrogens (tertiary/aromatic N) is 2. The summed E-state index contributed by atoms with van der Waals surface area (Å²) in [6.45, 7) is 2.60. The molecule has 0 aliphatic heterocycles. The smallest absolute Gasteiger partial charge is 0.119 e. The average Bonchev–Trinajstić information content (AvgIpc) is 2.65. The first-order valence-electron chi connectivity index (χ1n) is 8.48. The molecule has 2 aromatic rings. The van der Waals surface area contributed by atoms with E-state index in [9.17, 15) is 5.11 Å². The second kappa shape index (κ2) is 9.91. The maximum absolute atomic E-state index is 10.2. The Balaban J connectivity index is 1.67. The Morgan fingerprint density at radius 1 is 0.920 bits per heavy atom. The second-order valence-corrected chi connectivity index (χ2v) is 6.16. The van der Waals surface area contributed by atoms with Gasteiger partial charge in [0.1, 0.15) is 24.2 Å². The molecule has 0 aromatic heterocycles. The molecule has 136 valence electrons. The van der Waals surface area contributed by atoms with E-state index in [2.05, 4.69) is 29.0 Å². The summed E-state index contributed by atoms with van der Waals surface area (Å²) in [4.78, 5) is 4.32. The number of ether oxygens (including phenoxy) is 2. The predicted molar refractivity (Wildman–Crippen MR) is 102 cm³/mol. The fourth-order valence-electron chi connectivity index (χ4n) is 2.50. The summed E-state index contributed by atoms with van der Waals surface area (Å²) in [5.41, 5.74) is 1.19. The predicted octanol–water partition coefficient (Wildman–Crippen LogP) is 2.50. The molecular formula is C20H28N2O3. The highest BCUT2D eigenvalue weighted by atomic mass is 16.5. The standard InChI is InChI=1S/C20H28N2O3/c1-21(13-14-22(2)17-7-5-4-6-8-17)15-18(23)16-25-20-11-9-19(24-3)10-12-20/h4-12,18,23H,13-16H2,1-3H3/t18-/m1/s1. The van der Waals surface area contributed by atoms with E-state index in [0.717, 1.165) is 24.6 Å². The first kappa shape index (κ1) is 19.1. The Morgan fingerprint density at radius 2 is 1.56 bits per heavy atom. The van der Waals surface area contributed by atoms with Crippen molar-refractivity contribution in [2.24, 2.45) is 0 Å². The van der Waals surface area contributed by atoms with Crippen LogP contribution in [-0.2, 0) is 0 Å². The molecule has 0 radical (unpaired) electrons. The quantitative estimate of drug-likeness (QED) is 0.717. The number of hydrogen-bond acceptors (Lipinski definition) is 5. The number of benzene rings is 2. The van der Waals surface area contributed by atoms with Crippen LogP contribution in [0.2, 0.25) is 0 Å². The Labute approximate surface area is 150 Å². The molecule has 0 amide bonds. The first-order chi connectivity index (χ1) is 12.1. The summed E-state index contributed by atoms with van der Waals surface area (Å²) in [6.07, 6.45) is -0.533. The second-order valence-electron chi connectivity index (χ2n) is 6.16. The van der Waals surface area contributed by atoms with Gasteiger partial charge in [-0.25, -0.2) is 0 Å². The minimum absolute atomic E-state index is 0.269. The van der Waals surface area contributed by atoms with Crippen molar-refractivity contribution < 1.29 is 14.6 Å². The minimum atomic E-state index is -0.533. The molecule has 1 N–H and O–H groups in total. The molecule has 5 heteroatoms. The summed E-state index contributed by atoms with van der Waals surface area (Å²) in [5, 5.41) is 10.2. The van der Waals surface area contributed by atoms with Crippen LogP contribution in [0.1, 0.15) is 0 Å². The third-order valence-electron chi connectivity index (χ3n) is 4.04. The van der Waals surface area contributed by atoms with Crippen molar-refractivity contribution in [2.75, 3.05) is 52.3 Å². The van der Waals surface area contributed by atoms with Crippen molar-refractivity contribution in [2.45, 2.75) is 6.10 Å². The van der Waals surface area contributed by atoms with Crippen LogP contribution in [0.15, 0.2) is 54.6 Å². The van der Waals surface area contributed by atoms with Crippen molar-refractivity contribution in [1.82, 2.24) is 4.90 Å². The van der Waals surface area contributed by atoms with Gasteiger partial charge in [-0.1, -0.05) is 18.2 Å². The van der Waals surface area contributed by atoms with Gasteiger partial charge in [0.05, 0.1) is 7.11 Å². The zero-order valence-corrected chi connectivity index (χ0v) is 15.3. The summed E-state index contributed by atoms with van der Waals surface area (Å²) in [5.74, 6) is 1.52. The molecule has 0 aliphatic rings. The van der Waals surface area contributed by atoms with E-state index in [1.54, 1.807) is 7.11 Å². The number of aliphatic hydroxyl groups excluding tert-OH is 1. The Kier molecular flexibility index (Phi) is 7.57. The van der Waals surface area contributed by atoms with Gasteiger partial charge >= 0.3 is 0 Å². The Bertz CT molecular complexity index is 604. The number of methoxy groups -OCH3 is 1. The van der Waals surface area contributed by atoms with Crippen LogP contribution in [-0.4, -0.2) is 63.6 Å². The van der Waals surface area contributed by atoms with E-state index in [4.69, 9.17) is 9.47 Å².